The van der Waals surface area contributed by atoms with Crippen LogP contribution in [0.15, 0.2) is 0 Å². The number of rotatable bonds is 3. The van der Waals surface area contributed by atoms with E-state index in [1.165, 1.54) is 0 Å². The summed E-state index contributed by atoms with van der Waals surface area (Å²) < 4.78 is 29.7. The topological polar surface area (TPSA) is 26.3 Å². The molecule has 1 aliphatic heterocycles. The lowest BCUT2D eigenvalue weighted by atomic mass is 9.79. The zero-order valence-electron chi connectivity index (χ0n) is 7.80. The number of hydrogen-bond acceptors (Lipinski definition) is 2. The number of halogens is 2. The van der Waals surface area contributed by atoms with Crippen LogP contribution in [0.5, 0.6) is 0 Å². The fourth-order valence-corrected chi connectivity index (χ4v) is 1.96. The highest BCUT2D eigenvalue weighted by atomic mass is 19.3. The van der Waals surface area contributed by atoms with E-state index in [-0.39, 0.29) is 12.5 Å². The van der Waals surface area contributed by atoms with Gasteiger partial charge in [-0.05, 0) is 20.3 Å². The Labute approximate surface area is 76.3 Å². The van der Waals surface area contributed by atoms with Crippen LogP contribution in [0.4, 0.5) is 8.78 Å². The fourth-order valence-electron chi connectivity index (χ4n) is 1.96. The summed E-state index contributed by atoms with van der Waals surface area (Å²) in [5, 5.41) is 0. The average Bonchev–Trinajstić information content (AvgIpc) is 2.26. The molecule has 1 aliphatic rings. The van der Waals surface area contributed by atoms with Gasteiger partial charge in [0, 0.05) is 6.42 Å². The molecule has 1 rings (SSSR count). The van der Waals surface area contributed by atoms with E-state index in [9.17, 15) is 13.6 Å². The molecule has 3 unspecified atom stereocenters. The minimum absolute atomic E-state index is 0.0982. The van der Waals surface area contributed by atoms with Gasteiger partial charge in [0.2, 0.25) is 6.43 Å². The molecule has 0 radical (unpaired) electrons. The van der Waals surface area contributed by atoms with E-state index in [0.29, 0.717) is 12.7 Å². The average molecular weight is 192 g/mol. The minimum atomic E-state index is -2.44. The second-order valence-electron chi connectivity index (χ2n) is 3.74. The van der Waals surface area contributed by atoms with Gasteiger partial charge in [-0.2, -0.15) is 0 Å². The Balaban J connectivity index is 2.74. The highest BCUT2D eigenvalue weighted by Gasteiger charge is 2.46. The third-order valence-corrected chi connectivity index (χ3v) is 2.68. The van der Waals surface area contributed by atoms with Crippen molar-refractivity contribution < 1.29 is 18.3 Å². The van der Waals surface area contributed by atoms with Crippen molar-refractivity contribution in [2.24, 2.45) is 5.41 Å². The first-order valence-electron chi connectivity index (χ1n) is 4.40. The van der Waals surface area contributed by atoms with Gasteiger partial charge in [-0.25, -0.2) is 8.78 Å². The number of hydrogen-bond donors (Lipinski definition) is 0. The van der Waals surface area contributed by atoms with Crippen molar-refractivity contribution >= 4 is 6.29 Å². The smallest absolute Gasteiger partial charge is 0.239 e. The Morgan fingerprint density at radius 2 is 2.23 bits per heavy atom. The first-order chi connectivity index (χ1) is 6.00. The van der Waals surface area contributed by atoms with Crippen molar-refractivity contribution in [1.82, 2.24) is 0 Å². The van der Waals surface area contributed by atoms with Crippen molar-refractivity contribution in [3.63, 3.8) is 0 Å². The molecular formula is C9H14F2O2. The van der Waals surface area contributed by atoms with Gasteiger partial charge in [0.1, 0.15) is 6.29 Å². The lowest BCUT2D eigenvalue weighted by Crippen LogP contribution is -2.32. The molecule has 0 aromatic rings. The van der Waals surface area contributed by atoms with Gasteiger partial charge in [-0.3, -0.25) is 0 Å². The summed E-state index contributed by atoms with van der Waals surface area (Å²) in [6, 6.07) is 0. The molecule has 0 N–H and O–H groups in total. The summed E-state index contributed by atoms with van der Waals surface area (Å²) in [6.45, 7) is 3.48. The van der Waals surface area contributed by atoms with E-state index in [2.05, 4.69) is 0 Å². The summed E-state index contributed by atoms with van der Waals surface area (Å²) in [6.07, 6.45) is -2.29. The van der Waals surface area contributed by atoms with E-state index < -0.39 is 17.9 Å². The summed E-state index contributed by atoms with van der Waals surface area (Å²) in [7, 11) is 0. The molecule has 0 aromatic heterocycles. The molecule has 13 heavy (non-hydrogen) atoms. The van der Waals surface area contributed by atoms with Gasteiger partial charge in [-0.1, -0.05) is 0 Å². The molecule has 1 fully saturated rings. The van der Waals surface area contributed by atoms with Crippen LogP contribution >= 0.6 is 0 Å². The fraction of sp³-hybridized carbons (Fsp3) is 0.889. The summed E-state index contributed by atoms with van der Waals surface area (Å²) in [4.78, 5) is 10.8. The van der Waals surface area contributed by atoms with Crippen LogP contribution in [0.3, 0.4) is 0 Å². The number of aldehydes is 1. The van der Waals surface area contributed by atoms with Crippen molar-refractivity contribution in [3.8, 4) is 0 Å². The molecule has 0 aromatic carbocycles. The Hall–Kier alpha value is -0.510. The van der Waals surface area contributed by atoms with E-state index >= 15 is 0 Å². The van der Waals surface area contributed by atoms with E-state index in [4.69, 9.17) is 4.74 Å². The number of carbonyl (C=O) groups is 1. The third kappa shape index (κ3) is 2.05. The van der Waals surface area contributed by atoms with Crippen LogP contribution in [-0.4, -0.2) is 24.9 Å². The highest BCUT2D eigenvalue weighted by molar-refractivity contribution is 5.61. The molecule has 3 atom stereocenters. The SMILES string of the molecule is CC1CC(C=O)(CC(F)F)C(C)O1. The highest BCUT2D eigenvalue weighted by Crippen LogP contribution is 2.41. The quantitative estimate of drug-likeness (QED) is 0.639. The molecule has 0 spiro atoms. The monoisotopic (exact) mass is 192 g/mol. The lowest BCUT2D eigenvalue weighted by Gasteiger charge is -2.24. The molecule has 1 saturated heterocycles. The Bertz CT molecular complexity index is 196. The number of carbonyl (C=O) groups excluding carboxylic acids is 1. The second kappa shape index (κ2) is 3.70. The van der Waals surface area contributed by atoms with Crippen molar-refractivity contribution in [2.45, 2.75) is 45.3 Å². The van der Waals surface area contributed by atoms with Gasteiger partial charge >= 0.3 is 0 Å². The normalized spacial score (nSPS) is 39.8. The van der Waals surface area contributed by atoms with Crippen LogP contribution in [-0.2, 0) is 9.53 Å². The molecule has 0 aliphatic carbocycles. The van der Waals surface area contributed by atoms with Crippen LogP contribution in [0.2, 0.25) is 0 Å². The van der Waals surface area contributed by atoms with Crippen molar-refractivity contribution in [1.29, 1.82) is 0 Å². The van der Waals surface area contributed by atoms with Gasteiger partial charge in [0.05, 0.1) is 17.6 Å². The van der Waals surface area contributed by atoms with Gasteiger partial charge in [0.25, 0.3) is 0 Å². The number of ether oxygens (including phenoxy) is 1. The minimum Gasteiger partial charge on any atom is -0.374 e. The summed E-state index contributed by atoms with van der Waals surface area (Å²) in [5.41, 5.74) is -0.965. The largest absolute Gasteiger partial charge is 0.374 e. The van der Waals surface area contributed by atoms with Crippen LogP contribution in [0.25, 0.3) is 0 Å². The first-order valence-corrected chi connectivity index (χ1v) is 4.40. The predicted octanol–water partition coefficient (Wildman–Crippen LogP) is 2.02. The number of alkyl halides is 2. The van der Waals surface area contributed by atoms with Gasteiger partial charge < -0.3 is 9.53 Å². The second-order valence-corrected chi connectivity index (χ2v) is 3.74. The Morgan fingerprint density at radius 3 is 2.54 bits per heavy atom. The molecule has 1 heterocycles. The third-order valence-electron chi connectivity index (χ3n) is 2.68. The maximum atomic E-state index is 12.2. The van der Waals surface area contributed by atoms with Gasteiger partial charge in [-0.15, -0.1) is 0 Å². The zero-order chi connectivity index (χ0) is 10.1. The predicted molar refractivity (Wildman–Crippen MR) is 43.7 cm³/mol. The molecule has 0 saturated carbocycles. The summed E-state index contributed by atoms with van der Waals surface area (Å²) >= 11 is 0. The molecule has 76 valence electrons. The standard InChI is InChI=1S/C9H14F2O2/c1-6-3-9(5-12,4-8(10)11)7(2)13-6/h5-8H,3-4H2,1-2H3. The van der Waals surface area contributed by atoms with E-state index in [1.54, 1.807) is 13.8 Å². The van der Waals surface area contributed by atoms with E-state index in [1.807, 2.05) is 0 Å². The zero-order valence-corrected chi connectivity index (χ0v) is 7.80. The first kappa shape index (κ1) is 10.6. The molecule has 0 amide bonds. The Kier molecular flexibility index (Phi) is 3.01. The van der Waals surface area contributed by atoms with Crippen LogP contribution in [0.1, 0.15) is 26.7 Å². The van der Waals surface area contributed by atoms with Crippen LogP contribution in [0, 0.1) is 5.41 Å². The molecule has 2 nitrogen and oxygen atoms in total. The van der Waals surface area contributed by atoms with Crippen LogP contribution < -0.4 is 0 Å². The van der Waals surface area contributed by atoms with Crippen molar-refractivity contribution in [3.05, 3.63) is 0 Å². The molecule has 0 bridgehead atoms. The molecule has 4 heteroatoms. The Morgan fingerprint density at radius 1 is 1.62 bits per heavy atom. The summed E-state index contributed by atoms with van der Waals surface area (Å²) in [5.74, 6) is 0. The maximum absolute atomic E-state index is 12.2. The lowest BCUT2D eigenvalue weighted by molar-refractivity contribution is -0.121. The van der Waals surface area contributed by atoms with Gasteiger partial charge in [0.15, 0.2) is 0 Å². The van der Waals surface area contributed by atoms with Crippen molar-refractivity contribution in [2.75, 3.05) is 0 Å². The van der Waals surface area contributed by atoms with E-state index in [0.717, 1.165) is 0 Å². The molecular weight excluding hydrogens is 178 g/mol. The maximum Gasteiger partial charge on any atom is 0.239 e.